The molecule has 1 fully saturated rings. The molecule has 0 atom stereocenters. The molecule has 0 aliphatic heterocycles. The van der Waals surface area contributed by atoms with Crippen LogP contribution in [-0.4, -0.2) is 11.1 Å². The molecule has 1 saturated carbocycles. The first-order valence-electron chi connectivity index (χ1n) is 7.85. The molecule has 1 N–H and O–H groups in total. The number of carboxylic acid groups (broad SMARTS) is 1. The van der Waals surface area contributed by atoms with Gasteiger partial charge in [0.15, 0.2) is 0 Å². The van der Waals surface area contributed by atoms with E-state index in [9.17, 15) is 15.2 Å². The number of carbonyl (C=O) groups is 1. The highest BCUT2D eigenvalue weighted by molar-refractivity contribution is 5.70. The summed E-state index contributed by atoms with van der Waals surface area (Å²) in [5, 5.41) is 18.6. The molecule has 2 rings (SSSR count). The first-order chi connectivity index (χ1) is 10.1. The van der Waals surface area contributed by atoms with Gasteiger partial charge in [-0.25, -0.2) is 0 Å². The van der Waals surface area contributed by atoms with Crippen molar-refractivity contribution in [2.45, 2.75) is 57.3 Å². The Labute approximate surface area is 126 Å². The van der Waals surface area contributed by atoms with Gasteiger partial charge in [-0.2, -0.15) is 5.26 Å². The number of carboxylic acids is 1. The van der Waals surface area contributed by atoms with Gasteiger partial charge in [0.2, 0.25) is 0 Å². The Morgan fingerprint density at radius 2 is 2.05 bits per heavy atom. The summed E-state index contributed by atoms with van der Waals surface area (Å²) >= 11 is 0. The van der Waals surface area contributed by atoms with Gasteiger partial charge in [0.05, 0.1) is 17.6 Å². The highest BCUT2D eigenvalue weighted by atomic mass is 16.4. The number of aliphatic carboxylic acids is 1. The number of nitriles is 1. The number of hydrogen-bond donors (Lipinski definition) is 1. The van der Waals surface area contributed by atoms with Crippen LogP contribution in [0.4, 0.5) is 0 Å². The molecule has 0 radical (unpaired) electrons. The smallest absolute Gasteiger partial charge is 0.306 e. The largest absolute Gasteiger partial charge is 0.481 e. The normalized spacial score (nSPS) is 25.2. The fourth-order valence-electron chi connectivity index (χ4n) is 3.63. The van der Waals surface area contributed by atoms with Gasteiger partial charge in [0.1, 0.15) is 0 Å². The van der Waals surface area contributed by atoms with E-state index in [0.717, 1.165) is 56.1 Å². The molecule has 0 aromatic heterocycles. The van der Waals surface area contributed by atoms with Crippen LogP contribution in [0.3, 0.4) is 0 Å². The maximum atomic E-state index is 11.2. The van der Waals surface area contributed by atoms with Crippen molar-refractivity contribution >= 4 is 5.97 Å². The van der Waals surface area contributed by atoms with Crippen molar-refractivity contribution in [3.63, 3.8) is 0 Å². The summed E-state index contributed by atoms with van der Waals surface area (Å²) in [5.41, 5.74) is 1.88. The van der Waals surface area contributed by atoms with Crippen molar-refractivity contribution in [2.75, 3.05) is 0 Å². The predicted molar refractivity (Wildman–Crippen MR) is 82.0 cm³/mol. The fraction of sp³-hybridized carbons (Fsp3) is 0.556. The fourth-order valence-corrected chi connectivity index (χ4v) is 3.63. The predicted octanol–water partition coefficient (Wildman–Crippen LogP) is 4.26. The summed E-state index contributed by atoms with van der Waals surface area (Å²) in [6.07, 6.45) is 6.49. The van der Waals surface area contributed by atoms with Crippen LogP contribution in [0.25, 0.3) is 0 Å². The van der Waals surface area contributed by atoms with E-state index in [0.29, 0.717) is 0 Å². The Kier molecular flexibility index (Phi) is 5.01. The average molecular weight is 285 g/mol. The molecule has 112 valence electrons. The molecule has 3 heteroatoms. The van der Waals surface area contributed by atoms with Crippen LogP contribution in [-0.2, 0) is 10.2 Å². The Bertz CT molecular complexity index is 536. The summed E-state index contributed by atoms with van der Waals surface area (Å²) in [6.45, 7) is 2.17. The van der Waals surface area contributed by atoms with Crippen molar-refractivity contribution < 1.29 is 9.90 Å². The van der Waals surface area contributed by atoms with E-state index >= 15 is 0 Å². The second-order valence-electron chi connectivity index (χ2n) is 6.15. The molecule has 21 heavy (non-hydrogen) atoms. The third kappa shape index (κ3) is 3.26. The third-order valence-corrected chi connectivity index (χ3v) is 4.92. The number of benzene rings is 1. The minimum absolute atomic E-state index is 0.00567. The van der Waals surface area contributed by atoms with Crippen LogP contribution in [0.2, 0.25) is 0 Å². The standard InChI is InChI=1S/C18H23NO2/c1-2-3-10-18(11-8-14(9-12-18)17(20)21)16-7-5-4-6-15(16)13-19/h4-7,14H,2-3,8-12H2,1H3,(H,20,21). The molecular formula is C18H23NO2. The van der Waals surface area contributed by atoms with E-state index in [1.165, 1.54) is 0 Å². The lowest BCUT2D eigenvalue weighted by Crippen LogP contribution is -2.34. The van der Waals surface area contributed by atoms with Gasteiger partial charge in [-0.3, -0.25) is 4.79 Å². The summed E-state index contributed by atoms with van der Waals surface area (Å²) in [7, 11) is 0. The molecule has 1 aromatic rings. The Morgan fingerprint density at radius 1 is 1.38 bits per heavy atom. The monoisotopic (exact) mass is 285 g/mol. The van der Waals surface area contributed by atoms with Gasteiger partial charge in [-0.15, -0.1) is 0 Å². The zero-order chi connectivity index (χ0) is 15.3. The molecule has 0 saturated heterocycles. The Morgan fingerprint density at radius 3 is 2.62 bits per heavy atom. The molecule has 1 aliphatic rings. The molecule has 0 bridgehead atoms. The van der Waals surface area contributed by atoms with Gasteiger partial charge >= 0.3 is 5.97 Å². The highest BCUT2D eigenvalue weighted by Crippen LogP contribution is 2.46. The summed E-state index contributed by atoms with van der Waals surface area (Å²) < 4.78 is 0. The number of hydrogen-bond acceptors (Lipinski definition) is 2. The Balaban J connectivity index is 2.31. The molecular weight excluding hydrogens is 262 g/mol. The van der Waals surface area contributed by atoms with Crippen LogP contribution in [0.5, 0.6) is 0 Å². The minimum atomic E-state index is -0.673. The van der Waals surface area contributed by atoms with Crippen molar-refractivity contribution in [1.29, 1.82) is 5.26 Å². The molecule has 0 amide bonds. The van der Waals surface area contributed by atoms with Crippen molar-refractivity contribution in [3.05, 3.63) is 35.4 Å². The molecule has 1 aliphatic carbocycles. The quantitative estimate of drug-likeness (QED) is 0.879. The van der Waals surface area contributed by atoms with E-state index in [-0.39, 0.29) is 11.3 Å². The summed E-state index contributed by atoms with van der Waals surface area (Å²) in [5.74, 6) is -0.887. The number of nitrogens with zero attached hydrogens (tertiary/aromatic N) is 1. The molecule has 0 spiro atoms. The van der Waals surface area contributed by atoms with Crippen LogP contribution < -0.4 is 0 Å². The summed E-state index contributed by atoms with van der Waals surface area (Å²) in [4.78, 5) is 11.2. The first-order valence-corrected chi connectivity index (χ1v) is 7.85. The molecule has 0 heterocycles. The topological polar surface area (TPSA) is 61.1 Å². The molecule has 1 aromatic carbocycles. The van der Waals surface area contributed by atoms with Gasteiger partial charge in [0.25, 0.3) is 0 Å². The summed E-state index contributed by atoms with van der Waals surface area (Å²) in [6, 6.07) is 10.2. The second-order valence-corrected chi connectivity index (χ2v) is 6.15. The zero-order valence-corrected chi connectivity index (χ0v) is 12.6. The van der Waals surface area contributed by atoms with Crippen molar-refractivity contribution in [2.24, 2.45) is 5.92 Å². The van der Waals surface area contributed by atoms with Gasteiger partial charge in [-0.05, 0) is 49.1 Å². The van der Waals surface area contributed by atoms with Crippen LogP contribution in [0.1, 0.15) is 63.0 Å². The van der Waals surface area contributed by atoms with Gasteiger partial charge < -0.3 is 5.11 Å². The first kappa shape index (κ1) is 15.6. The van der Waals surface area contributed by atoms with E-state index in [1.54, 1.807) is 0 Å². The lowest BCUT2D eigenvalue weighted by molar-refractivity contribution is -0.143. The minimum Gasteiger partial charge on any atom is -0.481 e. The van der Waals surface area contributed by atoms with Crippen LogP contribution in [0.15, 0.2) is 24.3 Å². The number of rotatable bonds is 5. The van der Waals surface area contributed by atoms with Crippen LogP contribution >= 0.6 is 0 Å². The van der Waals surface area contributed by atoms with E-state index in [4.69, 9.17) is 0 Å². The van der Waals surface area contributed by atoms with Gasteiger partial charge in [-0.1, -0.05) is 38.0 Å². The SMILES string of the molecule is CCCCC1(c2ccccc2C#N)CCC(C(=O)O)CC1. The zero-order valence-electron chi connectivity index (χ0n) is 12.6. The molecule has 0 unspecified atom stereocenters. The maximum absolute atomic E-state index is 11.2. The van der Waals surface area contributed by atoms with Gasteiger partial charge in [0, 0.05) is 0 Å². The van der Waals surface area contributed by atoms with Crippen LogP contribution in [0, 0.1) is 17.2 Å². The van der Waals surface area contributed by atoms with E-state index < -0.39 is 5.97 Å². The van der Waals surface area contributed by atoms with Crippen molar-refractivity contribution in [1.82, 2.24) is 0 Å². The molecule has 3 nitrogen and oxygen atoms in total. The Hall–Kier alpha value is -1.82. The second kappa shape index (κ2) is 6.76. The maximum Gasteiger partial charge on any atom is 0.306 e. The van der Waals surface area contributed by atoms with Crippen molar-refractivity contribution in [3.8, 4) is 6.07 Å². The third-order valence-electron chi connectivity index (χ3n) is 4.92. The number of unbranched alkanes of at least 4 members (excludes halogenated alkanes) is 1. The van der Waals surface area contributed by atoms with E-state index in [2.05, 4.69) is 19.1 Å². The van der Waals surface area contributed by atoms with E-state index in [1.807, 2.05) is 18.2 Å². The highest BCUT2D eigenvalue weighted by Gasteiger charge is 2.39. The average Bonchev–Trinajstić information content (AvgIpc) is 2.53. The lowest BCUT2D eigenvalue weighted by Gasteiger charge is -2.40. The lowest BCUT2D eigenvalue weighted by atomic mass is 9.63.